The van der Waals surface area contributed by atoms with Crippen molar-refractivity contribution >= 4 is 20.6 Å². The standard InChI is InChI=1S/C11H21NO3S2/c1-11(2,10-12)6-4-5-7-16(13)8-9-17(3,14)15/h4-9H2,1-3H3. The van der Waals surface area contributed by atoms with E-state index in [-0.39, 0.29) is 16.9 Å². The molecular weight excluding hydrogens is 258 g/mol. The molecule has 0 aromatic heterocycles. The lowest BCUT2D eigenvalue weighted by Crippen LogP contribution is -2.14. The highest BCUT2D eigenvalue weighted by atomic mass is 32.2. The molecule has 100 valence electrons. The van der Waals surface area contributed by atoms with E-state index >= 15 is 0 Å². The fourth-order valence-electron chi connectivity index (χ4n) is 1.23. The summed E-state index contributed by atoms with van der Waals surface area (Å²) in [7, 11) is -4.07. The van der Waals surface area contributed by atoms with Crippen LogP contribution in [-0.4, -0.2) is 36.1 Å². The third kappa shape index (κ3) is 10.5. The Morgan fingerprint density at radius 2 is 1.82 bits per heavy atom. The fraction of sp³-hybridized carbons (Fsp3) is 0.909. The maximum atomic E-state index is 11.5. The predicted molar refractivity (Wildman–Crippen MR) is 70.8 cm³/mol. The Morgan fingerprint density at radius 1 is 1.24 bits per heavy atom. The molecule has 0 aliphatic heterocycles. The van der Waals surface area contributed by atoms with Gasteiger partial charge in [0.25, 0.3) is 0 Å². The molecule has 1 unspecified atom stereocenters. The van der Waals surface area contributed by atoms with E-state index in [9.17, 15) is 12.6 Å². The van der Waals surface area contributed by atoms with E-state index in [0.717, 1.165) is 25.5 Å². The van der Waals surface area contributed by atoms with Crippen LogP contribution in [0.3, 0.4) is 0 Å². The van der Waals surface area contributed by atoms with Crippen LogP contribution in [0.1, 0.15) is 33.1 Å². The first-order valence-corrected chi connectivity index (χ1v) is 9.15. The van der Waals surface area contributed by atoms with Crippen LogP contribution in [0.25, 0.3) is 0 Å². The molecule has 0 radical (unpaired) electrons. The molecule has 0 amide bonds. The first-order chi connectivity index (χ1) is 7.66. The van der Waals surface area contributed by atoms with E-state index in [1.807, 2.05) is 13.8 Å². The molecule has 0 rings (SSSR count). The molecule has 0 bridgehead atoms. The average molecular weight is 279 g/mol. The van der Waals surface area contributed by atoms with Crippen molar-refractivity contribution in [1.82, 2.24) is 0 Å². The van der Waals surface area contributed by atoms with Crippen molar-refractivity contribution in [1.29, 1.82) is 5.26 Å². The van der Waals surface area contributed by atoms with Gasteiger partial charge in [-0.2, -0.15) is 5.26 Å². The van der Waals surface area contributed by atoms with Gasteiger partial charge in [0.05, 0.1) is 17.2 Å². The highest BCUT2D eigenvalue weighted by Gasteiger charge is 2.15. The lowest BCUT2D eigenvalue weighted by atomic mass is 9.89. The summed E-state index contributed by atoms with van der Waals surface area (Å²) in [6.45, 7) is 3.77. The second-order valence-electron chi connectivity index (χ2n) is 4.93. The van der Waals surface area contributed by atoms with Crippen molar-refractivity contribution < 1.29 is 12.6 Å². The minimum atomic E-state index is -3.01. The van der Waals surface area contributed by atoms with Crippen LogP contribution in [-0.2, 0) is 20.6 Å². The van der Waals surface area contributed by atoms with Crippen molar-refractivity contribution in [3.63, 3.8) is 0 Å². The summed E-state index contributed by atoms with van der Waals surface area (Å²) in [6.07, 6.45) is 3.57. The second-order valence-corrected chi connectivity index (χ2v) is 8.89. The van der Waals surface area contributed by atoms with Crippen LogP contribution in [0.5, 0.6) is 0 Å². The predicted octanol–water partition coefficient (Wildman–Crippen LogP) is 1.50. The zero-order valence-corrected chi connectivity index (χ0v) is 12.4. The van der Waals surface area contributed by atoms with Crippen LogP contribution in [0.2, 0.25) is 0 Å². The molecule has 17 heavy (non-hydrogen) atoms. The monoisotopic (exact) mass is 279 g/mol. The quantitative estimate of drug-likeness (QED) is 0.631. The molecular formula is C11H21NO3S2. The summed E-state index contributed by atoms with van der Waals surface area (Å²) >= 11 is 0. The Kier molecular flexibility index (Phi) is 6.95. The molecule has 0 heterocycles. The SMILES string of the molecule is CC(C)(C#N)CCCCS(=O)CCS(C)(=O)=O. The minimum absolute atomic E-state index is 0.0106. The third-order valence-electron chi connectivity index (χ3n) is 2.41. The number of nitriles is 1. The van der Waals surface area contributed by atoms with Crippen molar-refractivity contribution in [2.45, 2.75) is 33.1 Å². The van der Waals surface area contributed by atoms with E-state index in [0.29, 0.717) is 5.75 Å². The molecule has 0 fully saturated rings. The number of rotatable bonds is 8. The molecule has 0 N–H and O–H groups in total. The fourth-order valence-corrected chi connectivity index (χ4v) is 3.92. The average Bonchev–Trinajstić information content (AvgIpc) is 2.20. The molecule has 0 aliphatic carbocycles. The van der Waals surface area contributed by atoms with Crippen molar-refractivity contribution in [3.05, 3.63) is 0 Å². The molecule has 0 aliphatic rings. The topological polar surface area (TPSA) is 75.0 Å². The summed E-state index contributed by atoms with van der Waals surface area (Å²) in [5, 5.41) is 8.80. The summed E-state index contributed by atoms with van der Waals surface area (Å²) < 4.78 is 33.2. The molecule has 0 aromatic rings. The molecule has 4 nitrogen and oxygen atoms in total. The van der Waals surface area contributed by atoms with Crippen LogP contribution in [0.15, 0.2) is 0 Å². The summed E-state index contributed by atoms with van der Waals surface area (Å²) in [4.78, 5) is 0. The minimum Gasteiger partial charge on any atom is -0.260 e. The maximum Gasteiger partial charge on any atom is 0.148 e. The maximum absolute atomic E-state index is 11.5. The van der Waals surface area contributed by atoms with Gasteiger partial charge in [-0.15, -0.1) is 0 Å². The van der Waals surface area contributed by atoms with Crippen molar-refractivity contribution in [3.8, 4) is 6.07 Å². The largest absolute Gasteiger partial charge is 0.260 e. The lowest BCUT2D eigenvalue weighted by Gasteiger charge is -2.13. The Balaban J connectivity index is 3.71. The van der Waals surface area contributed by atoms with Gasteiger partial charge >= 0.3 is 0 Å². The molecule has 1 atom stereocenters. The van der Waals surface area contributed by atoms with Gasteiger partial charge < -0.3 is 0 Å². The summed E-state index contributed by atoms with van der Waals surface area (Å²) in [6, 6.07) is 2.22. The highest BCUT2D eigenvalue weighted by molar-refractivity contribution is 7.92. The van der Waals surface area contributed by atoms with Crippen LogP contribution in [0.4, 0.5) is 0 Å². The Hall–Kier alpha value is -0.410. The van der Waals surface area contributed by atoms with Gasteiger partial charge in [0.1, 0.15) is 9.84 Å². The second kappa shape index (κ2) is 7.12. The summed E-state index contributed by atoms with van der Waals surface area (Å²) in [5.41, 5.74) is -0.325. The Bertz CT molecular complexity index is 393. The number of sulfone groups is 1. The van der Waals surface area contributed by atoms with Crippen molar-refractivity contribution in [2.75, 3.05) is 23.5 Å². The molecule has 0 saturated carbocycles. The van der Waals surface area contributed by atoms with Crippen LogP contribution in [0, 0.1) is 16.7 Å². The normalized spacial score (nSPS) is 14.2. The van der Waals surface area contributed by atoms with Gasteiger partial charge in [0, 0.05) is 28.6 Å². The zero-order chi connectivity index (χ0) is 13.5. The number of nitrogens with zero attached hydrogens (tertiary/aromatic N) is 1. The molecule has 0 saturated heterocycles. The third-order valence-corrected chi connectivity index (χ3v) is 5.02. The zero-order valence-electron chi connectivity index (χ0n) is 10.7. The van der Waals surface area contributed by atoms with E-state index in [4.69, 9.17) is 5.26 Å². The van der Waals surface area contributed by atoms with Gasteiger partial charge in [-0.25, -0.2) is 8.42 Å². The number of unbranched alkanes of at least 4 members (excludes halogenated alkanes) is 1. The van der Waals surface area contributed by atoms with Crippen molar-refractivity contribution in [2.24, 2.45) is 5.41 Å². The van der Waals surface area contributed by atoms with Gasteiger partial charge in [-0.1, -0.05) is 6.42 Å². The van der Waals surface area contributed by atoms with Crippen LogP contribution < -0.4 is 0 Å². The highest BCUT2D eigenvalue weighted by Crippen LogP contribution is 2.21. The van der Waals surface area contributed by atoms with Gasteiger partial charge in [0.15, 0.2) is 0 Å². The molecule has 6 heteroatoms. The Morgan fingerprint density at radius 3 is 2.29 bits per heavy atom. The van der Waals surface area contributed by atoms with Gasteiger partial charge in [-0.05, 0) is 26.7 Å². The first kappa shape index (κ1) is 16.6. The summed E-state index contributed by atoms with van der Waals surface area (Å²) in [5.74, 6) is 0.737. The van der Waals surface area contributed by atoms with E-state index in [1.165, 1.54) is 0 Å². The first-order valence-electron chi connectivity index (χ1n) is 5.60. The smallest absolute Gasteiger partial charge is 0.148 e. The Labute approximate surface area is 107 Å². The lowest BCUT2D eigenvalue weighted by molar-refractivity contribution is 0.432. The van der Waals surface area contributed by atoms with E-state index in [2.05, 4.69) is 6.07 Å². The van der Waals surface area contributed by atoms with Gasteiger partial charge in [0.2, 0.25) is 0 Å². The molecule has 0 aromatic carbocycles. The van der Waals surface area contributed by atoms with E-state index < -0.39 is 20.6 Å². The number of hydrogen-bond acceptors (Lipinski definition) is 4. The van der Waals surface area contributed by atoms with E-state index in [1.54, 1.807) is 0 Å². The van der Waals surface area contributed by atoms with Crippen LogP contribution >= 0.6 is 0 Å². The van der Waals surface area contributed by atoms with Gasteiger partial charge in [-0.3, -0.25) is 4.21 Å². The number of hydrogen-bond donors (Lipinski definition) is 0. The molecule has 0 spiro atoms.